The lowest BCUT2D eigenvalue weighted by atomic mass is 9.98. The van der Waals surface area contributed by atoms with Gasteiger partial charge in [0.2, 0.25) is 0 Å². The minimum Gasteiger partial charge on any atom is -0.480 e. The van der Waals surface area contributed by atoms with E-state index in [2.05, 4.69) is 51.4 Å². The zero-order valence-electron chi connectivity index (χ0n) is 21.6. The molecule has 1 amide bonds. The molecule has 8 heteroatoms. The number of imidazole rings is 1. The van der Waals surface area contributed by atoms with Crippen molar-refractivity contribution >= 4 is 29.3 Å². The molecular weight excluding hydrogens is 496 g/mol. The lowest BCUT2D eigenvalue weighted by Crippen LogP contribution is -2.41. The maximum Gasteiger partial charge on any atom is 0.326 e. The summed E-state index contributed by atoms with van der Waals surface area (Å²) in [4.78, 5) is 29.2. The summed E-state index contributed by atoms with van der Waals surface area (Å²) >= 11 is 1.55. The molecule has 7 nitrogen and oxygen atoms in total. The average molecular weight is 529 g/mol. The molecule has 0 aliphatic heterocycles. The summed E-state index contributed by atoms with van der Waals surface area (Å²) in [5.74, 6) is -0.791. The Hall–Kier alpha value is -4.04. The molecule has 0 aliphatic carbocycles. The number of carboxylic acid groups (broad SMARTS) is 1. The summed E-state index contributed by atoms with van der Waals surface area (Å²) in [5.41, 5.74) is 6.35. The maximum absolute atomic E-state index is 13.2. The summed E-state index contributed by atoms with van der Waals surface area (Å²) in [7, 11) is 0. The first-order valence-corrected chi connectivity index (χ1v) is 13.8. The lowest BCUT2D eigenvalue weighted by molar-refractivity contribution is -0.139. The Morgan fingerprint density at radius 2 is 1.82 bits per heavy atom. The van der Waals surface area contributed by atoms with Crippen LogP contribution >= 0.6 is 11.8 Å². The SMILES string of the molecule is CSCC[C@H](NC(=O)c1ccc(NCc2cncn2Cc2ccc(C)cc2)cc1-c1ccccc1)C(=O)O. The highest BCUT2D eigenvalue weighted by Gasteiger charge is 2.22. The molecule has 1 aromatic heterocycles. The molecule has 1 heterocycles. The van der Waals surface area contributed by atoms with Gasteiger partial charge in [0.05, 0.1) is 18.6 Å². The topological polar surface area (TPSA) is 96.3 Å². The Labute approximate surface area is 227 Å². The zero-order valence-corrected chi connectivity index (χ0v) is 22.4. The molecule has 0 radical (unpaired) electrons. The van der Waals surface area contributed by atoms with Crippen molar-refractivity contribution in [3.63, 3.8) is 0 Å². The molecular formula is C30H32N4O3S. The second-order valence-electron chi connectivity index (χ2n) is 9.12. The van der Waals surface area contributed by atoms with Gasteiger partial charge in [-0.1, -0.05) is 60.2 Å². The largest absolute Gasteiger partial charge is 0.480 e. The van der Waals surface area contributed by atoms with E-state index in [9.17, 15) is 14.7 Å². The predicted molar refractivity (Wildman–Crippen MR) is 154 cm³/mol. The fourth-order valence-corrected chi connectivity index (χ4v) is 4.63. The number of aryl methyl sites for hydroxylation is 1. The van der Waals surface area contributed by atoms with Gasteiger partial charge in [-0.2, -0.15) is 11.8 Å². The molecule has 0 saturated heterocycles. The highest BCUT2D eigenvalue weighted by Crippen LogP contribution is 2.28. The number of nitrogens with zero attached hydrogens (tertiary/aromatic N) is 2. The molecule has 0 fully saturated rings. The minimum absolute atomic E-state index is 0.360. The van der Waals surface area contributed by atoms with Crippen molar-refractivity contribution in [2.75, 3.05) is 17.3 Å². The van der Waals surface area contributed by atoms with Gasteiger partial charge in [-0.3, -0.25) is 4.79 Å². The van der Waals surface area contributed by atoms with Gasteiger partial charge in [-0.25, -0.2) is 9.78 Å². The number of benzene rings is 3. The summed E-state index contributed by atoms with van der Waals surface area (Å²) in [5, 5.41) is 15.7. The molecule has 3 N–H and O–H groups in total. The predicted octanol–water partition coefficient (Wildman–Crippen LogP) is 5.46. The van der Waals surface area contributed by atoms with Crippen LogP contribution in [0.15, 0.2) is 85.3 Å². The van der Waals surface area contributed by atoms with Crippen molar-refractivity contribution in [1.29, 1.82) is 0 Å². The van der Waals surface area contributed by atoms with Gasteiger partial charge in [0.25, 0.3) is 5.91 Å². The van der Waals surface area contributed by atoms with Gasteiger partial charge >= 0.3 is 5.97 Å². The summed E-state index contributed by atoms with van der Waals surface area (Å²) < 4.78 is 2.11. The Balaban J connectivity index is 1.53. The second-order valence-corrected chi connectivity index (χ2v) is 10.1. The highest BCUT2D eigenvalue weighted by molar-refractivity contribution is 7.98. The van der Waals surface area contributed by atoms with Crippen LogP contribution in [0.4, 0.5) is 5.69 Å². The second kappa shape index (κ2) is 13.0. The number of rotatable bonds is 12. The monoisotopic (exact) mass is 528 g/mol. The maximum atomic E-state index is 13.2. The van der Waals surface area contributed by atoms with Crippen molar-refractivity contribution in [2.45, 2.75) is 32.5 Å². The van der Waals surface area contributed by atoms with Crippen LogP contribution in [0.5, 0.6) is 0 Å². The number of amides is 1. The summed E-state index contributed by atoms with van der Waals surface area (Å²) in [6.07, 6.45) is 5.95. The summed E-state index contributed by atoms with van der Waals surface area (Å²) in [6, 6.07) is 22.7. The third-order valence-corrected chi connectivity index (χ3v) is 6.95. The molecule has 0 bridgehead atoms. The Kier molecular flexibility index (Phi) is 9.21. The molecule has 0 aliphatic rings. The number of carbonyl (C=O) groups excluding carboxylic acids is 1. The van der Waals surface area contributed by atoms with Crippen LogP contribution in [0.3, 0.4) is 0 Å². The Morgan fingerprint density at radius 3 is 2.53 bits per heavy atom. The van der Waals surface area contributed by atoms with Crippen LogP contribution in [0.25, 0.3) is 11.1 Å². The van der Waals surface area contributed by atoms with Crippen LogP contribution in [0.2, 0.25) is 0 Å². The molecule has 4 rings (SSSR count). The van der Waals surface area contributed by atoms with Crippen LogP contribution in [0, 0.1) is 6.92 Å². The Bertz CT molecular complexity index is 1370. The van der Waals surface area contributed by atoms with Gasteiger partial charge < -0.3 is 20.3 Å². The highest BCUT2D eigenvalue weighted by atomic mass is 32.2. The van der Waals surface area contributed by atoms with E-state index < -0.39 is 17.9 Å². The lowest BCUT2D eigenvalue weighted by Gasteiger charge is -2.17. The molecule has 0 saturated carbocycles. The van der Waals surface area contributed by atoms with Crippen LogP contribution < -0.4 is 10.6 Å². The first-order valence-electron chi connectivity index (χ1n) is 12.4. The standard InChI is InChI=1S/C30H32N4O3S/c1-21-8-10-22(11-9-21)19-34-20-31-17-25(34)18-32-24-12-13-26(27(16-24)23-6-4-3-5-7-23)29(35)33-28(30(36)37)14-15-38-2/h3-13,16-17,20,28,32H,14-15,18-19H2,1-2H3,(H,33,35)(H,36,37)/t28-/m0/s1. The number of aliphatic carboxylic acids is 1. The number of hydrogen-bond acceptors (Lipinski definition) is 5. The van der Waals surface area contributed by atoms with E-state index in [4.69, 9.17) is 0 Å². The number of thioether (sulfide) groups is 1. The number of anilines is 1. The van der Waals surface area contributed by atoms with E-state index in [1.807, 2.05) is 61.2 Å². The molecule has 1 atom stereocenters. The zero-order chi connectivity index (χ0) is 26.9. The first kappa shape index (κ1) is 27.0. The van der Waals surface area contributed by atoms with E-state index >= 15 is 0 Å². The molecule has 3 aromatic carbocycles. The fraction of sp³-hybridized carbons (Fsp3) is 0.233. The number of carboxylic acids is 1. The van der Waals surface area contributed by atoms with Crippen molar-refractivity contribution in [2.24, 2.45) is 0 Å². The third-order valence-electron chi connectivity index (χ3n) is 6.31. The normalized spacial score (nSPS) is 11.6. The number of aromatic nitrogens is 2. The average Bonchev–Trinajstić information content (AvgIpc) is 3.38. The van der Waals surface area contributed by atoms with Crippen LogP contribution in [0.1, 0.15) is 33.6 Å². The van der Waals surface area contributed by atoms with E-state index in [0.717, 1.165) is 29.1 Å². The number of carbonyl (C=O) groups is 2. The van der Waals surface area contributed by atoms with Gasteiger partial charge in [0.1, 0.15) is 6.04 Å². The van der Waals surface area contributed by atoms with Crippen molar-refractivity contribution < 1.29 is 14.7 Å². The fourth-order valence-electron chi connectivity index (χ4n) is 4.16. The Morgan fingerprint density at radius 1 is 1.05 bits per heavy atom. The van der Waals surface area contributed by atoms with E-state index in [1.54, 1.807) is 17.8 Å². The van der Waals surface area contributed by atoms with Crippen LogP contribution in [-0.2, 0) is 17.9 Å². The van der Waals surface area contributed by atoms with Crippen molar-refractivity contribution in [1.82, 2.24) is 14.9 Å². The van der Waals surface area contributed by atoms with Crippen molar-refractivity contribution in [3.05, 3.63) is 108 Å². The number of nitrogens with one attached hydrogen (secondary N) is 2. The third kappa shape index (κ3) is 7.04. The summed E-state index contributed by atoms with van der Waals surface area (Å²) in [6.45, 7) is 3.36. The van der Waals surface area contributed by atoms with Gasteiger partial charge in [0, 0.05) is 24.0 Å². The van der Waals surface area contributed by atoms with E-state index in [-0.39, 0.29) is 0 Å². The van der Waals surface area contributed by atoms with Crippen LogP contribution in [-0.4, -0.2) is 44.6 Å². The molecule has 4 aromatic rings. The van der Waals surface area contributed by atoms with E-state index in [0.29, 0.717) is 24.3 Å². The molecule has 0 spiro atoms. The molecule has 38 heavy (non-hydrogen) atoms. The van der Waals surface area contributed by atoms with Gasteiger partial charge in [0.15, 0.2) is 0 Å². The minimum atomic E-state index is -1.03. The smallest absolute Gasteiger partial charge is 0.326 e. The molecule has 196 valence electrons. The first-order chi connectivity index (χ1) is 18.4. The van der Waals surface area contributed by atoms with E-state index in [1.165, 1.54) is 11.1 Å². The van der Waals surface area contributed by atoms with Gasteiger partial charge in [-0.15, -0.1) is 0 Å². The van der Waals surface area contributed by atoms with Gasteiger partial charge in [-0.05, 0) is 60.2 Å². The molecule has 0 unspecified atom stereocenters. The quantitative estimate of drug-likeness (QED) is 0.226. The number of hydrogen-bond donors (Lipinski definition) is 3. The van der Waals surface area contributed by atoms with Crippen molar-refractivity contribution in [3.8, 4) is 11.1 Å².